The van der Waals surface area contributed by atoms with Gasteiger partial charge in [0.05, 0.1) is 5.52 Å². The van der Waals surface area contributed by atoms with Crippen molar-refractivity contribution in [2.45, 2.75) is 32.4 Å². The molecule has 0 fully saturated rings. The molecule has 0 aliphatic rings. The SMILES string of the molecule is C[Si](C)(C)CCOCn1ccc2c(C=O)cccc21. The number of carbonyl (C=O) groups is 1. The molecule has 0 bridgehead atoms. The van der Waals surface area contributed by atoms with Gasteiger partial charge in [-0.2, -0.15) is 0 Å². The van der Waals surface area contributed by atoms with Crippen LogP contribution in [0.25, 0.3) is 10.9 Å². The largest absolute Gasteiger partial charge is 0.361 e. The van der Waals surface area contributed by atoms with Crippen molar-refractivity contribution < 1.29 is 9.53 Å². The molecule has 0 atom stereocenters. The molecule has 0 amide bonds. The van der Waals surface area contributed by atoms with E-state index in [4.69, 9.17) is 4.74 Å². The van der Waals surface area contributed by atoms with E-state index < -0.39 is 8.07 Å². The third-order valence-electron chi connectivity index (χ3n) is 3.20. The molecule has 19 heavy (non-hydrogen) atoms. The molecule has 2 rings (SSSR count). The third-order valence-corrected chi connectivity index (χ3v) is 4.91. The number of carbonyl (C=O) groups excluding carboxylic acids is 1. The summed E-state index contributed by atoms with van der Waals surface area (Å²) in [4.78, 5) is 11.0. The molecule has 0 aliphatic carbocycles. The number of benzene rings is 1. The first kappa shape index (κ1) is 14.0. The molecular weight excluding hydrogens is 254 g/mol. The summed E-state index contributed by atoms with van der Waals surface area (Å²) >= 11 is 0. The topological polar surface area (TPSA) is 31.2 Å². The Morgan fingerprint density at radius 2 is 2.05 bits per heavy atom. The molecule has 102 valence electrons. The molecule has 0 radical (unpaired) electrons. The minimum atomic E-state index is -1.03. The maximum atomic E-state index is 11.0. The fourth-order valence-electron chi connectivity index (χ4n) is 2.00. The normalized spacial score (nSPS) is 11.9. The Kier molecular flexibility index (Phi) is 4.22. The fourth-order valence-corrected chi connectivity index (χ4v) is 2.76. The molecule has 0 N–H and O–H groups in total. The van der Waals surface area contributed by atoms with Crippen LogP contribution < -0.4 is 0 Å². The standard InChI is InChI=1S/C15H21NO2Si/c1-19(2,3)10-9-18-12-16-8-7-14-13(11-17)5-4-6-15(14)16/h4-8,11H,9-10,12H2,1-3H3. The second-order valence-electron chi connectivity index (χ2n) is 6.03. The van der Waals surface area contributed by atoms with Crippen molar-refractivity contribution in [2.24, 2.45) is 0 Å². The van der Waals surface area contributed by atoms with E-state index in [1.165, 1.54) is 6.04 Å². The predicted octanol–water partition coefficient (Wildman–Crippen LogP) is 3.77. The smallest absolute Gasteiger partial charge is 0.150 e. The highest BCUT2D eigenvalue weighted by atomic mass is 28.3. The number of aldehydes is 1. The first-order valence-electron chi connectivity index (χ1n) is 6.62. The maximum Gasteiger partial charge on any atom is 0.150 e. The van der Waals surface area contributed by atoms with Crippen molar-refractivity contribution in [3.8, 4) is 0 Å². The Morgan fingerprint density at radius 3 is 2.74 bits per heavy atom. The van der Waals surface area contributed by atoms with Gasteiger partial charge < -0.3 is 9.30 Å². The van der Waals surface area contributed by atoms with E-state index in [9.17, 15) is 4.79 Å². The van der Waals surface area contributed by atoms with Crippen LogP contribution in [0.1, 0.15) is 10.4 Å². The summed E-state index contributed by atoms with van der Waals surface area (Å²) in [7, 11) is -1.03. The second kappa shape index (κ2) is 5.71. The van der Waals surface area contributed by atoms with E-state index in [0.717, 1.165) is 29.4 Å². The zero-order valence-electron chi connectivity index (χ0n) is 11.8. The maximum absolute atomic E-state index is 11.0. The monoisotopic (exact) mass is 275 g/mol. The summed E-state index contributed by atoms with van der Waals surface area (Å²) in [6, 6.07) is 8.91. The molecule has 2 aromatic rings. The van der Waals surface area contributed by atoms with Crippen LogP contribution in [0.4, 0.5) is 0 Å². The van der Waals surface area contributed by atoms with E-state index in [1.54, 1.807) is 0 Å². The van der Waals surface area contributed by atoms with Crippen molar-refractivity contribution >= 4 is 25.3 Å². The number of rotatable bonds is 6. The molecule has 0 unspecified atom stereocenters. The Bertz CT molecular complexity index is 569. The highest BCUT2D eigenvalue weighted by Crippen LogP contribution is 2.19. The van der Waals surface area contributed by atoms with Crippen LogP contribution in [0.15, 0.2) is 30.5 Å². The molecule has 0 aliphatic heterocycles. The Hall–Kier alpha value is -1.39. The van der Waals surface area contributed by atoms with E-state index in [0.29, 0.717) is 6.73 Å². The molecular formula is C15H21NO2Si. The van der Waals surface area contributed by atoms with E-state index in [1.807, 2.05) is 35.0 Å². The average Bonchev–Trinajstić information content (AvgIpc) is 2.76. The second-order valence-corrected chi connectivity index (χ2v) is 11.7. The number of nitrogens with zero attached hydrogens (tertiary/aromatic N) is 1. The van der Waals surface area contributed by atoms with Gasteiger partial charge in [0.2, 0.25) is 0 Å². The van der Waals surface area contributed by atoms with Crippen molar-refractivity contribution in [3.63, 3.8) is 0 Å². The lowest BCUT2D eigenvalue weighted by Gasteiger charge is -2.15. The highest BCUT2D eigenvalue weighted by Gasteiger charge is 2.12. The average molecular weight is 275 g/mol. The molecule has 1 heterocycles. The van der Waals surface area contributed by atoms with Crippen LogP contribution in [0.5, 0.6) is 0 Å². The minimum Gasteiger partial charge on any atom is -0.361 e. The third kappa shape index (κ3) is 3.55. The zero-order valence-corrected chi connectivity index (χ0v) is 12.8. The van der Waals surface area contributed by atoms with Gasteiger partial charge in [0.25, 0.3) is 0 Å². The fraction of sp³-hybridized carbons (Fsp3) is 0.400. The van der Waals surface area contributed by atoms with Crippen molar-refractivity contribution in [3.05, 3.63) is 36.0 Å². The number of hydrogen-bond acceptors (Lipinski definition) is 2. The molecule has 1 aromatic carbocycles. The van der Waals surface area contributed by atoms with E-state index in [2.05, 4.69) is 19.6 Å². The van der Waals surface area contributed by atoms with Crippen molar-refractivity contribution in [2.75, 3.05) is 6.61 Å². The molecule has 0 saturated carbocycles. The van der Waals surface area contributed by atoms with Gasteiger partial charge >= 0.3 is 0 Å². The van der Waals surface area contributed by atoms with Crippen LogP contribution in [-0.4, -0.2) is 25.5 Å². The van der Waals surface area contributed by atoms with Gasteiger partial charge in [0.1, 0.15) is 6.73 Å². The number of fused-ring (bicyclic) bond motifs is 1. The van der Waals surface area contributed by atoms with Crippen molar-refractivity contribution in [1.82, 2.24) is 4.57 Å². The predicted molar refractivity (Wildman–Crippen MR) is 81.4 cm³/mol. The lowest BCUT2D eigenvalue weighted by molar-refractivity contribution is 0.0902. The van der Waals surface area contributed by atoms with Gasteiger partial charge in [0.15, 0.2) is 6.29 Å². The zero-order chi connectivity index (χ0) is 13.9. The molecule has 3 nitrogen and oxygen atoms in total. The van der Waals surface area contributed by atoms with Crippen LogP contribution >= 0.6 is 0 Å². The lowest BCUT2D eigenvalue weighted by atomic mass is 10.1. The Labute approximate surface area is 115 Å². The van der Waals surface area contributed by atoms with Gasteiger partial charge in [-0.1, -0.05) is 31.8 Å². The van der Waals surface area contributed by atoms with Crippen LogP contribution in [0.2, 0.25) is 25.7 Å². The first-order chi connectivity index (χ1) is 9.01. The number of ether oxygens (including phenoxy) is 1. The Morgan fingerprint density at radius 1 is 1.26 bits per heavy atom. The summed E-state index contributed by atoms with van der Waals surface area (Å²) in [5.74, 6) is 0. The van der Waals surface area contributed by atoms with Gasteiger partial charge in [-0.25, -0.2) is 0 Å². The van der Waals surface area contributed by atoms with Gasteiger partial charge in [-0.3, -0.25) is 4.79 Å². The molecule has 0 saturated heterocycles. The summed E-state index contributed by atoms with van der Waals surface area (Å²) in [6.45, 7) is 8.40. The van der Waals surface area contributed by atoms with Crippen molar-refractivity contribution in [1.29, 1.82) is 0 Å². The van der Waals surface area contributed by atoms with Crippen LogP contribution in [0, 0.1) is 0 Å². The highest BCUT2D eigenvalue weighted by molar-refractivity contribution is 6.76. The van der Waals surface area contributed by atoms with Crippen LogP contribution in [0.3, 0.4) is 0 Å². The first-order valence-corrected chi connectivity index (χ1v) is 10.3. The van der Waals surface area contributed by atoms with Gasteiger partial charge in [0, 0.05) is 31.8 Å². The molecule has 1 aromatic heterocycles. The minimum absolute atomic E-state index is 0.552. The van der Waals surface area contributed by atoms with E-state index in [-0.39, 0.29) is 0 Å². The van der Waals surface area contributed by atoms with E-state index >= 15 is 0 Å². The summed E-state index contributed by atoms with van der Waals surface area (Å²) in [5.41, 5.74) is 1.79. The number of aromatic nitrogens is 1. The number of hydrogen-bond donors (Lipinski definition) is 0. The lowest BCUT2D eigenvalue weighted by Crippen LogP contribution is -2.21. The Balaban J connectivity index is 2.04. The van der Waals surface area contributed by atoms with Gasteiger partial charge in [-0.15, -0.1) is 0 Å². The summed E-state index contributed by atoms with van der Waals surface area (Å²) in [5, 5.41) is 0.992. The molecule has 4 heteroatoms. The van der Waals surface area contributed by atoms with Gasteiger partial charge in [-0.05, 0) is 18.2 Å². The summed E-state index contributed by atoms with van der Waals surface area (Å²) < 4.78 is 7.79. The quantitative estimate of drug-likeness (QED) is 0.456. The van der Waals surface area contributed by atoms with Crippen LogP contribution in [-0.2, 0) is 11.5 Å². The molecule has 0 spiro atoms. The summed E-state index contributed by atoms with van der Waals surface area (Å²) in [6.07, 6.45) is 2.88.